The molecular weight excluding hydrogens is 440 g/mol. The summed E-state index contributed by atoms with van der Waals surface area (Å²) in [6, 6.07) is 11.0. The van der Waals surface area contributed by atoms with Crippen LogP contribution in [0.1, 0.15) is 46.7 Å². The van der Waals surface area contributed by atoms with Crippen molar-refractivity contribution in [3.8, 4) is 6.07 Å². The monoisotopic (exact) mass is 464 g/mol. The summed E-state index contributed by atoms with van der Waals surface area (Å²) in [7, 11) is 0. The van der Waals surface area contributed by atoms with Crippen LogP contribution in [0.4, 0.5) is 5.69 Å². The number of ether oxygens (including phenoxy) is 1. The van der Waals surface area contributed by atoms with Gasteiger partial charge in [0.1, 0.15) is 15.5 Å². The molecular formula is C24H24N4O4S. The quantitative estimate of drug-likeness (QED) is 0.516. The minimum Gasteiger partial charge on any atom is -0.451 e. The van der Waals surface area contributed by atoms with Gasteiger partial charge in [0, 0.05) is 25.2 Å². The van der Waals surface area contributed by atoms with Gasteiger partial charge in [0.2, 0.25) is 0 Å². The Morgan fingerprint density at radius 3 is 2.79 bits per heavy atom. The molecule has 1 aliphatic rings. The van der Waals surface area contributed by atoms with Crippen molar-refractivity contribution in [2.45, 2.75) is 45.6 Å². The van der Waals surface area contributed by atoms with Crippen molar-refractivity contribution in [3.63, 3.8) is 0 Å². The first-order valence-corrected chi connectivity index (χ1v) is 11.7. The molecule has 8 nitrogen and oxygen atoms in total. The maximum absolute atomic E-state index is 13.1. The maximum Gasteiger partial charge on any atom is 0.349 e. The summed E-state index contributed by atoms with van der Waals surface area (Å²) in [5.74, 6) is -0.317. The Balaban J connectivity index is 1.54. The lowest BCUT2D eigenvalue weighted by atomic mass is 10.2. The third-order valence-corrected chi connectivity index (χ3v) is 6.91. The molecule has 1 aliphatic heterocycles. The van der Waals surface area contributed by atoms with E-state index in [0.717, 1.165) is 42.8 Å². The van der Waals surface area contributed by atoms with Gasteiger partial charge in [0.05, 0.1) is 17.9 Å². The number of nitriles is 1. The number of hydrogen-bond acceptors (Lipinski definition) is 7. The molecule has 0 fully saturated rings. The molecule has 9 heteroatoms. The number of aryl methyl sites for hydroxylation is 2. The van der Waals surface area contributed by atoms with Gasteiger partial charge >= 0.3 is 5.97 Å². The number of fused-ring (bicyclic) bond motifs is 2. The standard InChI is InChI=1S/C24H24N4O4S/c1-16-20-22(26-18-11-6-3-7-13-28(18)23(20)30)33-21(16)24(31)32-15-19(29)27(14-8-12-25)17-9-4-2-5-10-17/h2,4-5,9-10H,3,6-8,11,13-15H2,1H3. The van der Waals surface area contributed by atoms with Crippen molar-refractivity contribution in [2.24, 2.45) is 0 Å². The second kappa shape index (κ2) is 9.96. The van der Waals surface area contributed by atoms with Crippen LogP contribution in [0.2, 0.25) is 0 Å². The number of rotatable bonds is 6. The van der Waals surface area contributed by atoms with E-state index in [1.54, 1.807) is 35.8 Å². The van der Waals surface area contributed by atoms with Crippen molar-refractivity contribution in [2.75, 3.05) is 18.1 Å². The van der Waals surface area contributed by atoms with E-state index in [-0.39, 0.29) is 23.4 Å². The van der Waals surface area contributed by atoms with Gasteiger partial charge in [0.15, 0.2) is 6.61 Å². The SMILES string of the molecule is Cc1c(C(=O)OCC(=O)N(CCC#N)c2ccccc2)sc2nc3n(c(=O)c12)CCCCC3. The number of anilines is 1. The van der Waals surface area contributed by atoms with E-state index in [2.05, 4.69) is 4.98 Å². The fourth-order valence-electron chi connectivity index (χ4n) is 4.04. The molecule has 0 saturated carbocycles. The van der Waals surface area contributed by atoms with Crippen LogP contribution < -0.4 is 10.5 Å². The van der Waals surface area contributed by atoms with E-state index in [9.17, 15) is 14.4 Å². The van der Waals surface area contributed by atoms with E-state index in [1.807, 2.05) is 12.1 Å². The van der Waals surface area contributed by atoms with Crippen molar-refractivity contribution in [1.29, 1.82) is 5.26 Å². The summed E-state index contributed by atoms with van der Waals surface area (Å²) < 4.78 is 7.05. The van der Waals surface area contributed by atoms with Crippen LogP contribution >= 0.6 is 11.3 Å². The summed E-state index contributed by atoms with van der Waals surface area (Å²) in [4.78, 5) is 45.6. The number of esters is 1. The number of nitrogens with zero attached hydrogens (tertiary/aromatic N) is 4. The minimum atomic E-state index is -0.656. The zero-order valence-electron chi connectivity index (χ0n) is 18.4. The van der Waals surface area contributed by atoms with Gasteiger partial charge in [-0.25, -0.2) is 9.78 Å². The average Bonchev–Trinajstić information content (AvgIpc) is 2.99. The van der Waals surface area contributed by atoms with Gasteiger partial charge in [0.25, 0.3) is 11.5 Å². The fourth-order valence-corrected chi connectivity index (χ4v) is 5.13. The van der Waals surface area contributed by atoms with Gasteiger partial charge in [-0.05, 0) is 37.5 Å². The van der Waals surface area contributed by atoms with Crippen LogP contribution in [-0.4, -0.2) is 34.6 Å². The lowest BCUT2D eigenvalue weighted by molar-refractivity contribution is -0.121. The van der Waals surface area contributed by atoms with Crippen molar-refractivity contribution < 1.29 is 14.3 Å². The Morgan fingerprint density at radius 2 is 2.03 bits per heavy atom. The Labute approximate surface area is 195 Å². The zero-order valence-corrected chi connectivity index (χ0v) is 19.2. The number of thiophene rings is 1. The number of carbonyl (C=O) groups excluding carboxylic acids is 2. The van der Waals surface area contributed by atoms with Gasteiger partial charge in [-0.15, -0.1) is 11.3 Å². The van der Waals surface area contributed by atoms with Crippen molar-refractivity contribution in [3.05, 3.63) is 57.0 Å². The Kier molecular flexibility index (Phi) is 6.84. The molecule has 170 valence electrons. The second-order valence-electron chi connectivity index (χ2n) is 7.90. The van der Waals surface area contributed by atoms with Crippen LogP contribution in [0.3, 0.4) is 0 Å². The lowest BCUT2D eigenvalue weighted by Gasteiger charge is -2.21. The number of aromatic nitrogens is 2. The second-order valence-corrected chi connectivity index (χ2v) is 8.90. The van der Waals surface area contributed by atoms with Crippen LogP contribution in [0.15, 0.2) is 35.1 Å². The molecule has 4 rings (SSSR count). The molecule has 0 bridgehead atoms. The first-order chi connectivity index (χ1) is 16.0. The van der Waals surface area contributed by atoms with Crippen LogP contribution in [0.5, 0.6) is 0 Å². The van der Waals surface area contributed by atoms with E-state index in [0.29, 0.717) is 28.0 Å². The normalized spacial score (nSPS) is 13.1. The Bertz CT molecular complexity index is 1290. The first kappa shape index (κ1) is 22.7. The Hall–Kier alpha value is -3.51. The molecule has 3 heterocycles. The topological polar surface area (TPSA) is 105 Å². The minimum absolute atomic E-state index is 0.118. The number of carbonyl (C=O) groups is 2. The van der Waals surface area contributed by atoms with Crippen LogP contribution in [-0.2, 0) is 22.5 Å². The van der Waals surface area contributed by atoms with Crippen LogP contribution in [0, 0.1) is 18.3 Å². The van der Waals surface area contributed by atoms with Crippen molar-refractivity contribution in [1.82, 2.24) is 9.55 Å². The number of para-hydroxylation sites is 1. The predicted molar refractivity (Wildman–Crippen MR) is 125 cm³/mol. The number of amides is 1. The summed E-state index contributed by atoms with van der Waals surface area (Å²) in [5.41, 5.74) is 1.05. The van der Waals surface area contributed by atoms with Gasteiger partial charge in [-0.1, -0.05) is 24.6 Å². The fraction of sp³-hybridized carbons (Fsp3) is 0.375. The number of hydrogen-bond donors (Lipinski definition) is 0. The molecule has 0 aliphatic carbocycles. The molecule has 3 aromatic rings. The highest BCUT2D eigenvalue weighted by atomic mass is 32.1. The number of benzene rings is 1. The summed E-state index contributed by atoms with van der Waals surface area (Å²) in [6.07, 6.45) is 3.89. The smallest absolute Gasteiger partial charge is 0.349 e. The largest absolute Gasteiger partial charge is 0.451 e. The molecule has 2 aromatic heterocycles. The first-order valence-electron chi connectivity index (χ1n) is 10.9. The van der Waals surface area contributed by atoms with Gasteiger partial charge in [-0.3, -0.25) is 14.2 Å². The summed E-state index contributed by atoms with van der Waals surface area (Å²) in [5, 5.41) is 9.37. The van der Waals surface area contributed by atoms with E-state index < -0.39 is 18.5 Å². The molecule has 0 atom stereocenters. The molecule has 1 amide bonds. The summed E-state index contributed by atoms with van der Waals surface area (Å²) in [6.45, 7) is 2.09. The van der Waals surface area contributed by atoms with E-state index >= 15 is 0 Å². The van der Waals surface area contributed by atoms with Crippen molar-refractivity contribution >= 4 is 39.1 Å². The van der Waals surface area contributed by atoms with Crippen LogP contribution in [0.25, 0.3) is 10.2 Å². The average molecular weight is 465 g/mol. The molecule has 33 heavy (non-hydrogen) atoms. The van der Waals surface area contributed by atoms with E-state index in [1.165, 1.54) is 4.90 Å². The molecule has 1 aromatic carbocycles. The molecule has 0 spiro atoms. The van der Waals surface area contributed by atoms with Gasteiger partial charge in [-0.2, -0.15) is 5.26 Å². The molecule has 0 saturated heterocycles. The summed E-state index contributed by atoms with van der Waals surface area (Å²) >= 11 is 1.13. The third-order valence-electron chi connectivity index (χ3n) is 5.74. The maximum atomic E-state index is 13.1. The zero-order chi connectivity index (χ0) is 23.4. The lowest BCUT2D eigenvalue weighted by Crippen LogP contribution is -2.35. The Morgan fingerprint density at radius 1 is 1.24 bits per heavy atom. The predicted octanol–water partition coefficient (Wildman–Crippen LogP) is 3.60. The highest BCUT2D eigenvalue weighted by molar-refractivity contribution is 7.20. The highest BCUT2D eigenvalue weighted by Crippen LogP contribution is 2.29. The molecule has 0 N–H and O–H groups in total. The molecule has 0 radical (unpaired) electrons. The molecule has 0 unspecified atom stereocenters. The van der Waals surface area contributed by atoms with E-state index in [4.69, 9.17) is 10.00 Å². The third kappa shape index (κ3) is 4.66. The highest BCUT2D eigenvalue weighted by Gasteiger charge is 2.24. The van der Waals surface area contributed by atoms with Gasteiger partial charge < -0.3 is 9.64 Å².